The van der Waals surface area contributed by atoms with Gasteiger partial charge in [-0.1, -0.05) is 0 Å². The number of rotatable bonds is 5. The van der Waals surface area contributed by atoms with E-state index in [1.54, 1.807) is 30.5 Å². The number of nitrogens with two attached hydrogens (primary N) is 1. The van der Waals surface area contributed by atoms with Crippen molar-refractivity contribution in [3.63, 3.8) is 0 Å². The zero-order valence-corrected chi connectivity index (χ0v) is 14.2. The monoisotopic (exact) mass is 342 g/mol. The molecule has 2 N–H and O–H groups in total. The van der Waals surface area contributed by atoms with Gasteiger partial charge in [-0.05, 0) is 44.0 Å². The second-order valence-corrected chi connectivity index (χ2v) is 6.19. The van der Waals surface area contributed by atoms with Crippen molar-refractivity contribution in [3.8, 4) is 5.75 Å². The van der Waals surface area contributed by atoms with E-state index in [9.17, 15) is 9.59 Å². The van der Waals surface area contributed by atoms with Crippen LogP contribution in [0.2, 0.25) is 0 Å². The van der Waals surface area contributed by atoms with Gasteiger partial charge in [0, 0.05) is 31.0 Å². The van der Waals surface area contributed by atoms with Crippen molar-refractivity contribution < 1.29 is 14.3 Å². The fraction of sp³-hybridized carbons (Fsp3) is 0.389. The number of hydrogen-bond acceptors (Lipinski definition) is 4. The van der Waals surface area contributed by atoms with Crippen LogP contribution < -0.4 is 10.5 Å². The van der Waals surface area contributed by atoms with E-state index < -0.39 is 5.91 Å². The standard InChI is InChI=1S/C18H22N4O3/c1-13-20-8-10-22(13)15-3-2-9-21(11-15)17(23)12-25-16-6-4-14(5-7-16)18(19)24/h4-8,10,15H,2-3,9,11-12H2,1H3,(H2,19,24). The van der Waals surface area contributed by atoms with Crippen LogP contribution >= 0.6 is 0 Å². The first kappa shape index (κ1) is 17.0. The van der Waals surface area contributed by atoms with Crippen molar-refractivity contribution >= 4 is 11.8 Å². The van der Waals surface area contributed by atoms with Gasteiger partial charge >= 0.3 is 0 Å². The summed E-state index contributed by atoms with van der Waals surface area (Å²) >= 11 is 0. The lowest BCUT2D eigenvalue weighted by molar-refractivity contribution is -0.135. The van der Waals surface area contributed by atoms with Gasteiger partial charge in [0.1, 0.15) is 11.6 Å². The summed E-state index contributed by atoms with van der Waals surface area (Å²) in [4.78, 5) is 29.6. The highest BCUT2D eigenvalue weighted by Gasteiger charge is 2.25. The highest BCUT2D eigenvalue weighted by Crippen LogP contribution is 2.23. The van der Waals surface area contributed by atoms with E-state index >= 15 is 0 Å². The van der Waals surface area contributed by atoms with Crippen molar-refractivity contribution in [2.24, 2.45) is 5.73 Å². The first-order valence-corrected chi connectivity index (χ1v) is 8.34. The maximum absolute atomic E-state index is 12.4. The third kappa shape index (κ3) is 3.99. The zero-order valence-electron chi connectivity index (χ0n) is 14.2. The Hall–Kier alpha value is -2.83. The second-order valence-electron chi connectivity index (χ2n) is 6.19. The lowest BCUT2D eigenvalue weighted by atomic mass is 10.1. The number of aryl methyl sites for hydroxylation is 1. The van der Waals surface area contributed by atoms with Crippen LogP contribution in [0.3, 0.4) is 0 Å². The molecule has 1 aromatic heterocycles. The van der Waals surface area contributed by atoms with E-state index in [-0.39, 0.29) is 18.6 Å². The molecule has 0 radical (unpaired) electrons. The van der Waals surface area contributed by atoms with Gasteiger partial charge in [-0.15, -0.1) is 0 Å². The summed E-state index contributed by atoms with van der Waals surface area (Å²) in [5, 5.41) is 0. The van der Waals surface area contributed by atoms with Gasteiger partial charge < -0.3 is 19.9 Å². The molecule has 1 saturated heterocycles. The van der Waals surface area contributed by atoms with Crippen LogP contribution in [0.1, 0.15) is 35.1 Å². The number of amides is 2. The van der Waals surface area contributed by atoms with E-state index in [1.807, 2.05) is 18.0 Å². The molecule has 0 bridgehead atoms. The van der Waals surface area contributed by atoms with Gasteiger partial charge in [-0.25, -0.2) is 4.98 Å². The molecule has 3 rings (SSSR count). The zero-order chi connectivity index (χ0) is 17.8. The molecule has 2 aromatic rings. The highest BCUT2D eigenvalue weighted by molar-refractivity contribution is 5.92. The molecule has 1 atom stereocenters. The van der Waals surface area contributed by atoms with Crippen molar-refractivity contribution in [2.45, 2.75) is 25.8 Å². The number of piperidine rings is 1. The number of likely N-dealkylation sites (tertiary alicyclic amines) is 1. The quantitative estimate of drug-likeness (QED) is 0.892. The van der Waals surface area contributed by atoms with Gasteiger partial charge in [0.2, 0.25) is 5.91 Å². The molecule has 7 nitrogen and oxygen atoms in total. The van der Waals surface area contributed by atoms with Crippen molar-refractivity contribution in [1.82, 2.24) is 14.5 Å². The van der Waals surface area contributed by atoms with E-state index in [1.165, 1.54) is 0 Å². The van der Waals surface area contributed by atoms with Crippen molar-refractivity contribution in [3.05, 3.63) is 48.0 Å². The average Bonchev–Trinajstić information content (AvgIpc) is 3.06. The number of ether oxygens (including phenoxy) is 1. The van der Waals surface area contributed by atoms with Crippen molar-refractivity contribution in [1.29, 1.82) is 0 Å². The molecule has 1 unspecified atom stereocenters. The third-order valence-electron chi connectivity index (χ3n) is 4.51. The molecule has 1 aliphatic heterocycles. The molecule has 1 aromatic carbocycles. The maximum atomic E-state index is 12.4. The van der Waals surface area contributed by atoms with Gasteiger partial charge in [0.25, 0.3) is 5.91 Å². The van der Waals surface area contributed by atoms with Crippen LogP contribution in [-0.4, -0.2) is 46.0 Å². The molecule has 25 heavy (non-hydrogen) atoms. The summed E-state index contributed by atoms with van der Waals surface area (Å²) in [7, 11) is 0. The number of benzene rings is 1. The molecule has 7 heteroatoms. The van der Waals surface area contributed by atoms with Gasteiger partial charge in [0.05, 0.1) is 6.04 Å². The Balaban J connectivity index is 1.55. The second kappa shape index (κ2) is 7.38. The number of hydrogen-bond donors (Lipinski definition) is 1. The molecular formula is C18H22N4O3. The number of imidazole rings is 1. The molecule has 0 aliphatic carbocycles. The van der Waals surface area contributed by atoms with Gasteiger partial charge in [-0.2, -0.15) is 0 Å². The number of carbonyl (C=O) groups is 2. The summed E-state index contributed by atoms with van der Waals surface area (Å²) in [6.45, 7) is 3.36. The predicted octanol–water partition coefficient (Wildman–Crippen LogP) is 1.53. The summed E-state index contributed by atoms with van der Waals surface area (Å²) in [6.07, 6.45) is 5.75. The van der Waals surface area contributed by atoms with Gasteiger partial charge in [-0.3, -0.25) is 9.59 Å². The molecule has 0 saturated carbocycles. The first-order chi connectivity index (χ1) is 12.0. The Morgan fingerprint density at radius 3 is 2.72 bits per heavy atom. The summed E-state index contributed by atoms with van der Waals surface area (Å²) < 4.78 is 7.67. The van der Waals surface area contributed by atoms with E-state index in [2.05, 4.69) is 9.55 Å². The average molecular weight is 342 g/mol. The van der Waals surface area contributed by atoms with Crippen LogP contribution in [0, 0.1) is 6.92 Å². The fourth-order valence-corrected chi connectivity index (χ4v) is 3.13. The Morgan fingerprint density at radius 1 is 1.32 bits per heavy atom. The maximum Gasteiger partial charge on any atom is 0.260 e. The minimum Gasteiger partial charge on any atom is -0.484 e. The number of nitrogens with zero attached hydrogens (tertiary/aromatic N) is 3. The normalized spacial score (nSPS) is 17.3. The largest absolute Gasteiger partial charge is 0.484 e. The topological polar surface area (TPSA) is 90.4 Å². The van der Waals surface area contributed by atoms with E-state index in [4.69, 9.17) is 10.5 Å². The minimum atomic E-state index is -0.489. The number of aromatic nitrogens is 2. The van der Waals surface area contributed by atoms with Crippen LogP contribution in [0.5, 0.6) is 5.75 Å². The number of primary amides is 1. The predicted molar refractivity (Wildman–Crippen MR) is 92.3 cm³/mol. The Kier molecular flexibility index (Phi) is 5.02. The Morgan fingerprint density at radius 2 is 2.08 bits per heavy atom. The molecule has 132 valence electrons. The van der Waals surface area contributed by atoms with Crippen LogP contribution in [0.15, 0.2) is 36.7 Å². The molecule has 1 fully saturated rings. The third-order valence-corrected chi connectivity index (χ3v) is 4.51. The summed E-state index contributed by atoms with van der Waals surface area (Å²) in [5.74, 6) is 0.973. The Labute approximate surface area is 146 Å². The molecule has 2 amide bonds. The Bertz CT molecular complexity index is 754. The summed E-state index contributed by atoms with van der Waals surface area (Å²) in [5.41, 5.74) is 5.61. The smallest absolute Gasteiger partial charge is 0.260 e. The first-order valence-electron chi connectivity index (χ1n) is 8.34. The van der Waals surface area contributed by atoms with E-state index in [0.29, 0.717) is 17.9 Å². The molecule has 0 spiro atoms. The summed E-state index contributed by atoms with van der Waals surface area (Å²) in [6, 6.07) is 6.71. The SMILES string of the molecule is Cc1nccn1C1CCCN(C(=O)COc2ccc(C(N)=O)cc2)C1. The van der Waals surface area contributed by atoms with Gasteiger partial charge in [0.15, 0.2) is 6.61 Å². The lowest BCUT2D eigenvalue weighted by Crippen LogP contribution is -2.43. The lowest BCUT2D eigenvalue weighted by Gasteiger charge is -2.33. The number of carbonyl (C=O) groups excluding carboxylic acids is 2. The molecule has 1 aliphatic rings. The highest BCUT2D eigenvalue weighted by atomic mass is 16.5. The molecular weight excluding hydrogens is 320 g/mol. The van der Waals surface area contributed by atoms with Crippen LogP contribution in [0.4, 0.5) is 0 Å². The minimum absolute atomic E-state index is 0.0223. The van der Waals surface area contributed by atoms with Crippen LogP contribution in [-0.2, 0) is 4.79 Å². The van der Waals surface area contributed by atoms with Crippen molar-refractivity contribution in [2.75, 3.05) is 19.7 Å². The van der Waals surface area contributed by atoms with E-state index in [0.717, 1.165) is 25.2 Å². The van der Waals surface area contributed by atoms with Crippen LogP contribution in [0.25, 0.3) is 0 Å². The molecule has 2 heterocycles. The fourth-order valence-electron chi connectivity index (χ4n) is 3.13.